The van der Waals surface area contributed by atoms with E-state index in [1.54, 1.807) is 12.1 Å². The maximum atomic E-state index is 14.0. The molecule has 1 aromatic heterocycles. The van der Waals surface area contributed by atoms with Crippen molar-refractivity contribution < 1.29 is 8.78 Å². The molecule has 4 aromatic rings. The van der Waals surface area contributed by atoms with Crippen molar-refractivity contribution >= 4 is 22.7 Å². The molecule has 178 valence electrons. The van der Waals surface area contributed by atoms with Crippen molar-refractivity contribution in [1.82, 2.24) is 14.5 Å². The number of H-pyrrole nitrogens is 1. The molecular weight excluding hydrogens is 444 g/mol. The van der Waals surface area contributed by atoms with Crippen molar-refractivity contribution in [3.63, 3.8) is 0 Å². The Balaban J connectivity index is 1.42. The van der Waals surface area contributed by atoms with Crippen molar-refractivity contribution in [2.75, 3.05) is 19.6 Å². The summed E-state index contributed by atoms with van der Waals surface area (Å²) >= 11 is 0. The van der Waals surface area contributed by atoms with E-state index in [1.165, 1.54) is 25.0 Å². The summed E-state index contributed by atoms with van der Waals surface area (Å²) < 4.78 is 29.9. The third kappa shape index (κ3) is 4.23. The maximum absolute atomic E-state index is 14.0. The quantitative estimate of drug-likeness (QED) is 0.434. The fourth-order valence-corrected chi connectivity index (χ4v) is 5.54. The molecule has 2 aliphatic rings. The first-order valence-electron chi connectivity index (χ1n) is 12.3. The summed E-state index contributed by atoms with van der Waals surface area (Å²) in [5.74, 6) is -0.538. The summed E-state index contributed by atoms with van der Waals surface area (Å²) in [4.78, 5) is 18.1. The average Bonchev–Trinajstić information content (AvgIpc) is 3.44. The average molecular weight is 472 g/mol. The van der Waals surface area contributed by atoms with Crippen LogP contribution in [0.3, 0.4) is 0 Å². The van der Waals surface area contributed by atoms with Gasteiger partial charge in [-0.25, -0.2) is 13.6 Å². The minimum atomic E-state index is -0.269. The van der Waals surface area contributed by atoms with Gasteiger partial charge < -0.3 is 9.88 Å². The van der Waals surface area contributed by atoms with E-state index in [2.05, 4.69) is 16.0 Å². The molecule has 0 radical (unpaired) electrons. The zero-order valence-corrected chi connectivity index (χ0v) is 19.5. The maximum Gasteiger partial charge on any atom is 0.326 e. The van der Waals surface area contributed by atoms with E-state index in [4.69, 9.17) is 0 Å². The molecule has 6 heteroatoms. The Morgan fingerprint density at radius 3 is 2.14 bits per heavy atom. The number of likely N-dealkylation sites (tertiary alicyclic amines) is 1. The van der Waals surface area contributed by atoms with Gasteiger partial charge in [-0.1, -0.05) is 18.2 Å². The molecule has 0 atom stereocenters. The number of rotatable bonds is 4. The first kappa shape index (κ1) is 22.0. The molecule has 0 spiro atoms. The third-order valence-electron chi connectivity index (χ3n) is 7.33. The SMILES string of the molecule is O=c1[nH]c2cc(C=C3c4ccc(F)cc4CCc4cc(F)ccc43)ccc2n1CCN1CCCC1. The fourth-order valence-electron chi connectivity index (χ4n) is 5.54. The number of aryl methyl sites for hydroxylation is 2. The molecular formula is C29H27F2N3O. The van der Waals surface area contributed by atoms with Crippen LogP contribution in [0.25, 0.3) is 22.7 Å². The number of nitrogens with zero attached hydrogens (tertiary/aromatic N) is 2. The van der Waals surface area contributed by atoms with Gasteiger partial charge in [-0.3, -0.25) is 4.57 Å². The molecule has 0 bridgehead atoms. The molecule has 1 aliphatic carbocycles. The van der Waals surface area contributed by atoms with Gasteiger partial charge in [0.2, 0.25) is 0 Å². The summed E-state index contributed by atoms with van der Waals surface area (Å²) in [5, 5.41) is 0. The number of hydrogen-bond acceptors (Lipinski definition) is 2. The van der Waals surface area contributed by atoms with Crippen LogP contribution in [-0.4, -0.2) is 34.1 Å². The van der Waals surface area contributed by atoms with Crippen LogP contribution in [0.15, 0.2) is 59.4 Å². The molecule has 1 N–H and O–H groups in total. The lowest BCUT2D eigenvalue weighted by Crippen LogP contribution is -2.28. The molecule has 1 fully saturated rings. The monoisotopic (exact) mass is 471 g/mol. The van der Waals surface area contributed by atoms with E-state index in [1.807, 2.05) is 34.9 Å². The Morgan fingerprint density at radius 2 is 1.49 bits per heavy atom. The summed E-state index contributed by atoms with van der Waals surface area (Å²) in [7, 11) is 0. The molecule has 3 aromatic carbocycles. The summed E-state index contributed by atoms with van der Waals surface area (Å²) in [6.07, 6.45) is 5.80. The molecule has 1 saturated heterocycles. The number of fused-ring (bicyclic) bond motifs is 3. The molecule has 4 nitrogen and oxygen atoms in total. The van der Waals surface area contributed by atoms with E-state index in [9.17, 15) is 13.6 Å². The standard InChI is InChI=1S/C29H27F2N3O/c30-22-6-8-24-20(17-22)4-5-21-18-23(31)7-9-25(21)26(24)15-19-3-10-28-27(16-19)32-29(35)34(28)14-13-33-11-1-2-12-33/h3,6-10,15-18H,1-2,4-5,11-14H2,(H,32,35). The lowest BCUT2D eigenvalue weighted by atomic mass is 9.92. The van der Waals surface area contributed by atoms with Gasteiger partial charge in [-0.2, -0.15) is 0 Å². The largest absolute Gasteiger partial charge is 0.326 e. The van der Waals surface area contributed by atoms with Gasteiger partial charge >= 0.3 is 5.69 Å². The molecule has 0 unspecified atom stereocenters. The van der Waals surface area contributed by atoms with E-state index >= 15 is 0 Å². The van der Waals surface area contributed by atoms with Crippen LogP contribution in [0.5, 0.6) is 0 Å². The van der Waals surface area contributed by atoms with E-state index in [0.29, 0.717) is 19.4 Å². The number of halogens is 2. The Morgan fingerprint density at radius 1 is 0.829 bits per heavy atom. The molecule has 1 aliphatic heterocycles. The smallest absolute Gasteiger partial charge is 0.306 e. The molecule has 0 saturated carbocycles. The van der Waals surface area contributed by atoms with Crippen molar-refractivity contribution in [2.45, 2.75) is 32.2 Å². The highest BCUT2D eigenvalue weighted by molar-refractivity contribution is 5.95. The second-order valence-electron chi connectivity index (χ2n) is 9.57. The summed E-state index contributed by atoms with van der Waals surface area (Å²) in [6, 6.07) is 15.7. The van der Waals surface area contributed by atoms with E-state index in [-0.39, 0.29) is 17.3 Å². The van der Waals surface area contributed by atoms with Gasteiger partial charge in [0.25, 0.3) is 0 Å². The molecule has 6 rings (SSSR count). The fraction of sp³-hybridized carbons (Fsp3) is 0.276. The van der Waals surface area contributed by atoms with Crippen LogP contribution < -0.4 is 5.69 Å². The molecule has 0 amide bonds. The van der Waals surface area contributed by atoms with Crippen molar-refractivity contribution in [3.05, 3.63) is 105 Å². The van der Waals surface area contributed by atoms with Crippen LogP contribution in [0.4, 0.5) is 8.78 Å². The Hall–Kier alpha value is -3.51. The number of benzene rings is 3. The van der Waals surface area contributed by atoms with Gasteiger partial charge in [0.15, 0.2) is 0 Å². The molecule has 35 heavy (non-hydrogen) atoms. The highest BCUT2D eigenvalue weighted by atomic mass is 19.1. The van der Waals surface area contributed by atoms with Crippen molar-refractivity contribution in [1.29, 1.82) is 0 Å². The minimum Gasteiger partial charge on any atom is -0.306 e. The Kier molecular flexibility index (Phi) is 5.61. The van der Waals surface area contributed by atoms with Gasteiger partial charge in [0.05, 0.1) is 11.0 Å². The van der Waals surface area contributed by atoms with E-state index in [0.717, 1.165) is 64.1 Å². The summed E-state index contributed by atoms with van der Waals surface area (Å²) in [6.45, 7) is 3.74. The van der Waals surface area contributed by atoms with Crippen LogP contribution >= 0.6 is 0 Å². The van der Waals surface area contributed by atoms with Crippen molar-refractivity contribution in [3.8, 4) is 0 Å². The van der Waals surface area contributed by atoms with Gasteiger partial charge in [0, 0.05) is 13.1 Å². The normalized spacial score (nSPS) is 15.8. The minimum absolute atomic E-state index is 0.0971. The zero-order valence-electron chi connectivity index (χ0n) is 19.5. The van der Waals surface area contributed by atoms with Crippen LogP contribution in [-0.2, 0) is 19.4 Å². The lowest BCUT2D eigenvalue weighted by Gasteiger charge is -2.14. The Bertz CT molecular complexity index is 1450. The van der Waals surface area contributed by atoms with Gasteiger partial charge in [0.1, 0.15) is 11.6 Å². The highest BCUT2D eigenvalue weighted by Crippen LogP contribution is 2.36. The summed E-state index contributed by atoms with van der Waals surface area (Å²) in [5.41, 5.74) is 7.17. The number of aromatic nitrogens is 2. The predicted molar refractivity (Wildman–Crippen MR) is 135 cm³/mol. The molecule has 2 heterocycles. The van der Waals surface area contributed by atoms with Crippen LogP contribution in [0.2, 0.25) is 0 Å². The first-order chi connectivity index (χ1) is 17.0. The van der Waals surface area contributed by atoms with Gasteiger partial charge in [-0.15, -0.1) is 0 Å². The van der Waals surface area contributed by atoms with Crippen LogP contribution in [0, 0.1) is 11.6 Å². The van der Waals surface area contributed by atoms with E-state index < -0.39 is 0 Å². The third-order valence-corrected chi connectivity index (χ3v) is 7.33. The second-order valence-corrected chi connectivity index (χ2v) is 9.57. The number of hydrogen-bond donors (Lipinski definition) is 1. The number of imidazole rings is 1. The highest BCUT2D eigenvalue weighted by Gasteiger charge is 2.20. The lowest BCUT2D eigenvalue weighted by molar-refractivity contribution is 0.322. The second kappa shape index (κ2) is 8.93. The first-order valence-corrected chi connectivity index (χ1v) is 12.3. The zero-order chi connectivity index (χ0) is 23.9. The van der Waals surface area contributed by atoms with Gasteiger partial charge in [-0.05, 0) is 115 Å². The number of nitrogens with one attached hydrogen (secondary N) is 1. The predicted octanol–water partition coefficient (Wildman–Crippen LogP) is 5.39. The van der Waals surface area contributed by atoms with Crippen molar-refractivity contribution in [2.24, 2.45) is 0 Å². The number of aromatic amines is 1. The van der Waals surface area contributed by atoms with Crippen LogP contribution in [0.1, 0.15) is 40.7 Å². The topological polar surface area (TPSA) is 41.0 Å². The Labute approximate surface area is 202 Å².